The molecule has 2 heterocycles. The van der Waals surface area contributed by atoms with Gasteiger partial charge in [-0.15, -0.1) is 23.1 Å². The highest BCUT2D eigenvalue weighted by Crippen LogP contribution is 2.42. The number of rotatable bonds is 5. The Balaban J connectivity index is 1.77. The third-order valence-electron chi connectivity index (χ3n) is 4.94. The number of aryl methyl sites for hydroxylation is 3. The van der Waals surface area contributed by atoms with E-state index in [9.17, 15) is 0 Å². The van der Waals surface area contributed by atoms with Crippen molar-refractivity contribution in [3.8, 4) is 17.2 Å². The van der Waals surface area contributed by atoms with Gasteiger partial charge < -0.3 is 0 Å². The normalized spacial score (nSPS) is 13.5. The van der Waals surface area contributed by atoms with E-state index >= 15 is 0 Å². The van der Waals surface area contributed by atoms with E-state index < -0.39 is 0 Å². The van der Waals surface area contributed by atoms with Crippen molar-refractivity contribution >= 4 is 33.3 Å². The fourth-order valence-corrected chi connectivity index (χ4v) is 5.71. The minimum Gasteiger partial charge on any atom is -0.229 e. The summed E-state index contributed by atoms with van der Waals surface area (Å²) in [5, 5.41) is 11.0. The van der Waals surface area contributed by atoms with Crippen molar-refractivity contribution in [1.82, 2.24) is 9.97 Å². The van der Waals surface area contributed by atoms with Gasteiger partial charge in [-0.05, 0) is 55.7 Å². The van der Waals surface area contributed by atoms with Gasteiger partial charge in [0.25, 0.3) is 0 Å². The Bertz CT molecular complexity index is 985. The molecule has 0 N–H and O–H groups in total. The van der Waals surface area contributed by atoms with Crippen LogP contribution in [0.4, 0.5) is 0 Å². The molecule has 4 rings (SSSR count). The Morgan fingerprint density at radius 3 is 2.88 bits per heavy atom. The molecule has 26 heavy (non-hydrogen) atoms. The average Bonchev–Trinajstić information content (AvgIpc) is 3.01. The Hall–Kier alpha value is -1.90. The van der Waals surface area contributed by atoms with Gasteiger partial charge in [0, 0.05) is 22.6 Å². The van der Waals surface area contributed by atoms with Crippen LogP contribution < -0.4 is 0 Å². The predicted octanol–water partition coefficient (Wildman–Crippen LogP) is 5.94. The van der Waals surface area contributed by atoms with Crippen LogP contribution in [0.2, 0.25) is 0 Å². The van der Waals surface area contributed by atoms with Gasteiger partial charge in [0.05, 0.1) is 11.5 Å². The monoisotopic (exact) mass is 379 g/mol. The second-order valence-corrected chi connectivity index (χ2v) is 8.98. The lowest BCUT2D eigenvalue weighted by atomic mass is 9.89. The highest BCUT2D eigenvalue weighted by atomic mass is 32.2. The molecule has 0 spiro atoms. The van der Waals surface area contributed by atoms with Crippen molar-refractivity contribution < 1.29 is 0 Å². The van der Waals surface area contributed by atoms with Crippen molar-refractivity contribution in [3.63, 3.8) is 0 Å². The molecule has 0 fully saturated rings. The topological polar surface area (TPSA) is 49.6 Å². The van der Waals surface area contributed by atoms with Crippen molar-refractivity contribution in [3.05, 3.63) is 40.5 Å². The molecule has 0 amide bonds. The second-order valence-electron chi connectivity index (χ2n) is 6.69. The summed E-state index contributed by atoms with van der Waals surface area (Å²) in [6, 6.07) is 9.20. The van der Waals surface area contributed by atoms with E-state index in [1.54, 1.807) is 29.4 Å². The molecule has 5 heteroatoms. The van der Waals surface area contributed by atoms with Gasteiger partial charge in [-0.3, -0.25) is 0 Å². The number of hydrogen-bond acceptors (Lipinski definition) is 5. The first kappa shape index (κ1) is 17.5. The highest BCUT2D eigenvalue weighted by Gasteiger charge is 2.18. The summed E-state index contributed by atoms with van der Waals surface area (Å²) in [4.78, 5) is 11.5. The highest BCUT2D eigenvalue weighted by molar-refractivity contribution is 7.99. The molecule has 0 bridgehead atoms. The quantitative estimate of drug-likeness (QED) is 0.313. The Labute approximate surface area is 162 Å². The van der Waals surface area contributed by atoms with Crippen LogP contribution in [0.25, 0.3) is 21.3 Å². The van der Waals surface area contributed by atoms with E-state index in [-0.39, 0.29) is 0 Å². The zero-order chi connectivity index (χ0) is 17.9. The first-order chi connectivity index (χ1) is 12.8. The largest absolute Gasteiger partial charge is 0.229 e. The van der Waals surface area contributed by atoms with Gasteiger partial charge >= 0.3 is 0 Å². The summed E-state index contributed by atoms with van der Waals surface area (Å²) >= 11 is 3.50. The average molecular weight is 380 g/mol. The smallest absolute Gasteiger partial charge is 0.128 e. The molecule has 1 aliphatic rings. The maximum absolute atomic E-state index is 8.74. The molecule has 1 aromatic carbocycles. The van der Waals surface area contributed by atoms with E-state index in [2.05, 4.69) is 41.2 Å². The lowest BCUT2D eigenvalue weighted by molar-refractivity contribution is 0.686. The molecule has 0 unspecified atom stereocenters. The number of hydrogen-bond donors (Lipinski definition) is 0. The number of unbranched alkanes of at least 4 members (excludes halogenated alkanes) is 1. The van der Waals surface area contributed by atoms with Crippen molar-refractivity contribution in [2.75, 3.05) is 5.75 Å². The SMILES string of the molecule is Cc1sc2ncnc(SCCCC#N)c2c1-c1ccc2c(c1)CCCC2. The molecule has 0 aliphatic heterocycles. The summed E-state index contributed by atoms with van der Waals surface area (Å²) < 4.78 is 0. The standard InChI is InChI=1S/C21H21N3S2/c1-14-18(17-9-8-15-6-2-3-7-16(15)12-17)19-20(25-11-5-4-10-22)23-13-24-21(19)26-14/h8-9,12-13H,2-7,11H2,1H3. The van der Waals surface area contributed by atoms with E-state index in [0.717, 1.165) is 22.0 Å². The van der Waals surface area contributed by atoms with Crippen LogP contribution >= 0.6 is 23.1 Å². The summed E-state index contributed by atoms with van der Waals surface area (Å²) in [7, 11) is 0. The minimum atomic E-state index is 0.599. The van der Waals surface area contributed by atoms with Gasteiger partial charge in [-0.2, -0.15) is 5.26 Å². The first-order valence-corrected chi connectivity index (χ1v) is 10.9. The maximum Gasteiger partial charge on any atom is 0.128 e. The fourth-order valence-electron chi connectivity index (χ4n) is 3.68. The summed E-state index contributed by atoms with van der Waals surface area (Å²) in [5.74, 6) is 0.915. The van der Waals surface area contributed by atoms with Gasteiger partial charge in [-0.1, -0.05) is 18.2 Å². The summed E-state index contributed by atoms with van der Waals surface area (Å²) in [6.07, 6.45) is 8.17. The van der Waals surface area contributed by atoms with Crippen LogP contribution in [0.15, 0.2) is 29.6 Å². The Morgan fingerprint density at radius 1 is 1.19 bits per heavy atom. The third-order valence-corrected chi connectivity index (χ3v) is 7.03. The molecule has 132 valence electrons. The number of aromatic nitrogens is 2. The van der Waals surface area contributed by atoms with Gasteiger partial charge in [0.1, 0.15) is 16.2 Å². The maximum atomic E-state index is 8.74. The van der Waals surface area contributed by atoms with E-state index in [0.29, 0.717) is 6.42 Å². The van der Waals surface area contributed by atoms with Crippen LogP contribution in [-0.4, -0.2) is 15.7 Å². The van der Waals surface area contributed by atoms with Crippen LogP contribution in [-0.2, 0) is 12.8 Å². The second kappa shape index (κ2) is 7.77. The van der Waals surface area contributed by atoms with Crippen molar-refractivity contribution in [2.45, 2.75) is 50.5 Å². The molecule has 1 aliphatic carbocycles. The summed E-state index contributed by atoms with van der Waals surface area (Å²) in [6.45, 7) is 2.19. The molecule has 3 aromatic rings. The molecule has 0 saturated heterocycles. The number of nitriles is 1. The van der Waals surface area contributed by atoms with E-state index in [1.165, 1.54) is 58.2 Å². The molecule has 3 nitrogen and oxygen atoms in total. The van der Waals surface area contributed by atoms with Crippen LogP contribution in [0.1, 0.15) is 41.7 Å². The first-order valence-electron chi connectivity index (χ1n) is 9.14. The molecule has 2 aromatic heterocycles. The Kier molecular flexibility index (Phi) is 5.23. The van der Waals surface area contributed by atoms with Gasteiger partial charge in [-0.25, -0.2) is 9.97 Å². The van der Waals surface area contributed by atoms with Gasteiger partial charge in [0.2, 0.25) is 0 Å². The number of benzene rings is 1. The number of fused-ring (bicyclic) bond motifs is 2. The van der Waals surface area contributed by atoms with Gasteiger partial charge in [0.15, 0.2) is 0 Å². The fraction of sp³-hybridized carbons (Fsp3) is 0.381. The van der Waals surface area contributed by atoms with Crippen LogP contribution in [0.5, 0.6) is 0 Å². The molecular formula is C21H21N3S2. The molecular weight excluding hydrogens is 358 g/mol. The number of thiophene rings is 1. The minimum absolute atomic E-state index is 0.599. The van der Waals surface area contributed by atoms with E-state index in [1.807, 2.05) is 0 Å². The predicted molar refractivity (Wildman–Crippen MR) is 110 cm³/mol. The number of thioether (sulfide) groups is 1. The van der Waals surface area contributed by atoms with Crippen LogP contribution in [0, 0.1) is 18.3 Å². The van der Waals surface area contributed by atoms with Crippen LogP contribution in [0.3, 0.4) is 0 Å². The summed E-state index contributed by atoms with van der Waals surface area (Å²) in [5.41, 5.74) is 5.61. The lowest BCUT2D eigenvalue weighted by Crippen LogP contribution is -2.02. The molecule has 0 saturated carbocycles. The third kappa shape index (κ3) is 3.36. The zero-order valence-electron chi connectivity index (χ0n) is 14.9. The zero-order valence-corrected chi connectivity index (χ0v) is 16.6. The lowest BCUT2D eigenvalue weighted by Gasteiger charge is -2.17. The Morgan fingerprint density at radius 2 is 2.04 bits per heavy atom. The van der Waals surface area contributed by atoms with E-state index in [4.69, 9.17) is 5.26 Å². The number of nitrogens with zero attached hydrogens (tertiary/aromatic N) is 3. The van der Waals surface area contributed by atoms with Crippen molar-refractivity contribution in [1.29, 1.82) is 5.26 Å². The molecule has 0 atom stereocenters. The van der Waals surface area contributed by atoms with Crippen molar-refractivity contribution in [2.24, 2.45) is 0 Å². The molecule has 0 radical (unpaired) electrons.